The fourth-order valence-electron chi connectivity index (χ4n) is 3.12. The number of phenols is 1. The summed E-state index contributed by atoms with van der Waals surface area (Å²) in [7, 11) is 0. The van der Waals surface area contributed by atoms with Crippen LogP contribution in [0.25, 0.3) is 0 Å². The number of amides is 1. The standard InChI is InChI=1S/C19H24N2O3S/c1-25-13-17-5-6-18(24-17)19(23)20-15-7-9-21(10-8-15)12-14-3-2-4-16(22)11-14/h2-6,11,15,22H,7-10,12-13H2,1H3,(H,20,23). The van der Waals surface area contributed by atoms with Gasteiger partial charge in [-0.05, 0) is 48.9 Å². The van der Waals surface area contributed by atoms with Crippen molar-refractivity contribution in [3.8, 4) is 5.75 Å². The highest BCUT2D eigenvalue weighted by atomic mass is 32.2. The van der Waals surface area contributed by atoms with Gasteiger partial charge in [-0.3, -0.25) is 9.69 Å². The second-order valence-corrected chi connectivity index (χ2v) is 7.26. The molecule has 0 aliphatic carbocycles. The Hall–Kier alpha value is -1.92. The van der Waals surface area contributed by atoms with E-state index in [2.05, 4.69) is 10.2 Å². The number of carbonyl (C=O) groups excluding carboxylic acids is 1. The number of carbonyl (C=O) groups is 1. The summed E-state index contributed by atoms with van der Waals surface area (Å²) >= 11 is 1.67. The highest BCUT2D eigenvalue weighted by Gasteiger charge is 2.22. The number of phenolic OH excluding ortho intramolecular Hbond substituents is 1. The lowest BCUT2D eigenvalue weighted by molar-refractivity contribution is 0.0879. The Kier molecular flexibility index (Phi) is 6.04. The summed E-state index contributed by atoms with van der Waals surface area (Å²) in [5, 5.41) is 12.6. The number of piperidine rings is 1. The molecule has 1 aromatic carbocycles. The number of furan rings is 1. The van der Waals surface area contributed by atoms with Crippen LogP contribution in [0.5, 0.6) is 5.75 Å². The molecular formula is C19H24N2O3S. The quantitative estimate of drug-likeness (QED) is 0.828. The summed E-state index contributed by atoms with van der Waals surface area (Å²) in [6.07, 6.45) is 3.85. The van der Waals surface area contributed by atoms with E-state index in [0.29, 0.717) is 11.5 Å². The molecule has 134 valence electrons. The van der Waals surface area contributed by atoms with Crippen LogP contribution in [-0.4, -0.2) is 41.3 Å². The number of likely N-dealkylation sites (tertiary alicyclic amines) is 1. The molecule has 3 rings (SSSR count). The van der Waals surface area contributed by atoms with Gasteiger partial charge in [-0.25, -0.2) is 0 Å². The molecule has 2 aromatic rings. The summed E-state index contributed by atoms with van der Waals surface area (Å²) in [4.78, 5) is 14.6. The normalized spacial score (nSPS) is 16.0. The van der Waals surface area contributed by atoms with Crippen molar-refractivity contribution < 1.29 is 14.3 Å². The maximum atomic E-state index is 12.3. The number of benzene rings is 1. The minimum absolute atomic E-state index is 0.126. The van der Waals surface area contributed by atoms with Crippen LogP contribution in [0.1, 0.15) is 34.7 Å². The van der Waals surface area contributed by atoms with Gasteiger partial charge in [-0.1, -0.05) is 12.1 Å². The zero-order valence-corrected chi connectivity index (χ0v) is 15.2. The molecule has 0 spiro atoms. The van der Waals surface area contributed by atoms with Gasteiger partial charge in [0.15, 0.2) is 5.76 Å². The predicted octanol–water partition coefficient (Wildman–Crippen LogP) is 3.24. The lowest BCUT2D eigenvalue weighted by atomic mass is 10.0. The second kappa shape index (κ2) is 8.45. The van der Waals surface area contributed by atoms with Crippen LogP contribution in [-0.2, 0) is 12.3 Å². The number of hydrogen-bond donors (Lipinski definition) is 2. The molecule has 0 atom stereocenters. The summed E-state index contributed by atoms with van der Waals surface area (Å²) in [6, 6.07) is 11.2. The molecular weight excluding hydrogens is 336 g/mol. The molecule has 5 nitrogen and oxygen atoms in total. The Balaban J connectivity index is 1.46. The zero-order chi connectivity index (χ0) is 17.6. The van der Waals surface area contributed by atoms with Crippen molar-refractivity contribution in [1.29, 1.82) is 0 Å². The molecule has 0 saturated carbocycles. The van der Waals surface area contributed by atoms with E-state index < -0.39 is 0 Å². The average molecular weight is 360 g/mol. The molecule has 25 heavy (non-hydrogen) atoms. The van der Waals surface area contributed by atoms with Gasteiger partial charge < -0.3 is 14.8 Å². The van der Waals surface area contributed by atoms with Crippen molar-refractivity contribution in [3.63, 3.8) is 0 Å². The maximum Gasteiger partial charge on any atom is 0.287 e. The first kappa shape index (κ1) is 17.9. The first-order valence-electron chi connectivity index (χ1n) is 8.53. The lowest BCUT2D eigenvalue weighted by Crippen LogP contribution is -2.44. The van der Waals surface area contributed by atoms with Gasteiger partial charge in [0.25, 0.3) is 5.91 Å². The van der Waals surface area contributed by atoms with Crippen molar-refractivity contribution in [2.75, 3.05) is 19.3 Å². The largest absolute Gasteiger partial charge is 0.508 e. The van der Waals surface area contributed by atoms with E-state index >= 15 is 0 Å². The van der Waals surface area contributed by atoms with Crippen LogP contribution in [0.4, 0.5) is 0 Å². The van der Waals surface area contributed by atoms with Crippen LogP contribution in [0.2, 0.25) is 0 Å². The Labute approximate surface area is 152 Å². The van der Waals surface area contributed by atoms with Gasteiger partial charge in [0, 0.05) is 25.7 Å². The van der Waals surface area contributed by atoms with Crippen LogP contribution in [0.15, 0.2) is 40.8 Å². The molecule has 1 aliphatic heterocycles. The third kappa shape index (κ3) is 5.03. The van der Waals surface area contributed by atoms with Gasteiger partial charge in [0.05, 0.1) is 5.75 Å². The van der Waals surface area contributed by atoms with E-state index in [9.17, 15) is 9.90 Å². The highest BCUT2D eigenvalue weighted by molar-refractivity contribution is 7.97. The minimum Gasteiger partial charge on any atom is -0.508 e. The number of rotatable bonds is 6. The Bertz CT molecular complexity index is 708. The molecule has 0 radical (unpaired) electrons. The molecule has 6 heteroatoms. The number of nitrogens with one attached hydrogen (secondary N) is 1. The maximum absolute atomic E-state index is 12.3. The molecule has 1 saturated heterocycles. The van der Waals surface area contributed by atoms with Crippen molar-refractivity contribution in [2.45, 2.75) is 31.2 Å². The highest BCUT2D eigenvalue weighted by Crippen LogP contribution is 2.18. The van der Waals surface area contributed by atoms with Crippen molar-refractivity contribution in [3.05, 3.63) is 53.5 Å². The lowest BCUT2D eigenvalue weighted by Gasteiger charge is -2.32. The second-order valence-electron chi connectivity index (χ2n) is 6.39. The molecule has 1 fully saturated rings. The van der Waals surface area contributed by atoms with E-state index in [1.165, 1.54) is 0 Å². The summed E-state index contributed by atoms with van der Waals surface area (Å²) in [6.45, 7) is 2.68. The van der Waals surface area contributed by atoms with Crippen molar-refractivity contribution in [1.82, 2.24) is 10.2 Å². The molecule has 0 unspecified atom stereocenters. The van der Waals surface area contributed by atoms with E-state index in [-0.39, 0.29) is 11.9 Å². The van der Waals surface area contributed by atoms with E-state index in [4.69, 9.17) is 4.42 Å². The molecule has 2 N–H and O–H groups in total. The third-order valence-electron chi connectivity index (χ3n) is 4.41. The summed E-state index contributed by atoms with van der Waals surface area (Å²) in [5.41, 5.74) is 1.11. The Morgan fingerprint density at radius 2 is 2.12 bits per heavy atom. The topological polar surface area (TPSA) is 65.7 Å². The Morgan fingerprint density at radius 3 is 2.84 bits per heavy atom. The SMILES string of the molecule is CSCc1ccc(C(=O)NC2CCN(Cc3cccc(O)c3)CC2)o1. The van der Waals surface area contributed by atoms with Gasteiger partial charge in [-0.2, -0.15) is 11.8 Å². The van der Waals surface area contributed by atoms with Crippen molar-refractivity contribution >= 4 is 17.7 Å². The molecule has 0 bridgehead atoms. The summed E-state index contributed by atoms with van der Waals surface area (Å²) < 4.78 is 5.57. The number of thioether (sulfide) groups is 1. The van der Waals surface area contributed by atoms with Crippen molar-refractivity contribution in [2.24, 2.45) is 0 Å². The number of aromatic hydroxyl groups is 1. The van der Waals surface area contributed by atoms with E-state index in [0.717, 1.165) is 49.6 Å². The van der Waals surface area contributed by atoms with Crippen LogP contribution in [0.3, 0.4) is 0 Å². The van der Waals surface area contributed by atoms with Crippen LogP contribution >= 0.6 is 11.8 Å². The van der Waals surface area contributed by atoms with E-state index in [1.807, 2.05) is 24.5 Å². The Morgan fingerprint density at radius 1 is 1.32 bits per heavy atom. The number of hydrogen-bond acceptors (Lipinski definition) is 5. The van der Waals surface area contributed by atoms with Gasteiger partial charge in [-0.15, -0.1) is 0 Å². The van der Waals surface area contributed by atoms with Gasteiger partial charge in [0.1, 0.15) is 11.5 Å². The fraction of sp³-hybridized carbons (Fsp3) is 0.421. The fourth-order valence-corrected chi connectivity index (χ4v) is 3.56. The smallest absolute Gasteiger partial charge is 0.287 e. The van der Waals surface area contributed by atoms with Crippen LogP contribution < -0.4 is 5.32 Å². The van der Waals surface area contributed by atoms with E-state index in [1.54, 1.807) is 30.0 Å². The zero-order valence-electron chi connectivity index (χ0n) is 14.4. The molecule has 1 amide bonds. The monoisotopic (exact) mass is 360 g/mol. The first-order valence-corrected chi connectivity index (χ1v) is 9.92. The molecule has 2 heterocycles. The molecule has 1 aromatic heterocycles. The van der Waals surface area contributed by atoms with Gasteiger partial charge in [0.2, 0.25) is 0 Å². The predicted molar refractivity (Wildman–Crippen MR) is 99.8 cm³/mol. The minimum atomic E-state index is -0.126. The van der Waals surface area contributed by atoms with Gasteiger partial charge >= 0.3 is 0 Å². The third-order valence-corrected chi connectivity index (χ3v) is 4.98. The molecule has 1 aliphatic rings. The van der Waals surface area contributed by atoms with Crippen LogP contribution in [0, 0.1) is 0 Å². The number of nitrogens with zero attached hydrogens (tertiary/aromatic N) is 1. The summed E-state index contributed by atoms with van der Waals surface area (Å²) in [5.74, 6) is 2.18. The first-order chi connectivity index (χ1) is 12.1. The average Bonchev–Trinajstić information content (AvgIpc) is 3.06.